The van der Waals surface area contributed by atoms with Gasteiger partial charge in [0, 0.05) is 0 Å². The standard InChI is InChI=1S/C26H21F7O3/c1-14(2)9-21(24(34)35)19-11-17(15-3-6-20(7-4-15)25(28,29)30)10-18(12-19)16-5-8-23(22(27)13-16)36-26(31,32)33/h3-8,10-14,21H,9H2,1-2H3,(H,34,35). The molecule has 0 aliphatic heterocycles. The molecule has 0 aliphatic rings. The van der Waals surface area contributed by atoms with Crippen LogP contribution in [0.4, 0.5) is 30.7 Å². The Labute approximate surface area is 202 Å². The molecule has 10 heteroatoms. The molecule has 3 aromatic carbocycles. The van der Waals surface area contributed by atoms with Crippen LogP contribution >= 0.6 is 0 Å². The Morgan fingerprint density at radius 1 is 0.833 bits per heavy atom. The van der Waals surface area contributed by atoms with Crippen molar-refractivity contribution >= 4 is 5.97 Å². The molecule has 3 nitrogen and oxygen atoms in total. The van der Waals surface area contributed by atoms with Crippen molar-refractivity contribution in [3.8, 4) is 28.0 Å². The predicted octanol–water partition coefficient (Wildman–Crippen LogP) is 8.29. The number of rotatable bonds is 7. The van der Waals surface area contributed by atoms with Crippen molar-refractivity contribution in [3.63, 3.8) is 0 Å². The zero-order valence-electron chi connectivity index (χ0n) is 19.0. The van der Waals surface area contributed by atoms with Crippen LogP contribution in [0.25, 0.3) is 22.3 Å². The highest BCUT2D eigenvalue weighted by Crippen LogP contribution is 2.37. The Morgan fingerprint density at radius 3 is 1.86 bits per heavy atom. The molecule has 0 saturated heterocycles. The van der Waals surface area contributed by atoms with Crippen molar-refractivity contribution in [2.24, 2.45) is 5.92 Å². The number of halogens is 7. The first kappa shape index (κ1) is 27.0. The summed E-state index contributed by atoms with van der Waals surface area (Å²) in [5.41, 5.74) is 0.563. The van der Waals surface area contributed by atoms with Gasteiger partial charge in [0.2, 0.25) is 0 Å². The molecule has 0 fully saturated rings. The summed E-state index contributed by atoms with van der Waals surface area (Å²) >= 11 is 0. The van der Waals surface area contributed by atoms with Gasteiger partial charge in [-0.15, -0.1) is 13.2 Å². The van der Waals surface area contributed by atoms with Crippen LogP contribution in [-0.2, 0) is 11.0 Å². The first-order valence-corrected chi connectivity index (χ1v) is 10.7. The van der Waals surface area contributed by atoms with E-state index in [2.05, 4.69) is 4.74 Å². The van der Waals surface area contributed by atoms with E-state index in [4.69, 9.17) is 0 Å². The van der Waals surface area contributed by atoms with Crippen molar-refractivity contribution in [1.29, 1.82) is 0 Å². The summed E-state index contributed by atoms with van der Waals surface area (Å²) in [6, 6.07) is 11.5. The van der Waals surface area contributed by atoms with Crippen LogP contribution in [0.5, 0.6) is 5.75 Å². The molecule has 0 heterocycles. The third kappa shape index (κ3) is 6.77. The molecule has 192 valence electrons. The number of alkyl halides is 6. The molecule has 36 heavy (non-hydrogen) atoms. The summed E-state index contributed by atoms with van der Waals surface area (Å²) in [6.45, 7) is 3.65. The lowest BCUT2D eigenvalue weighted by molar-refractivity contribution is -0.275. The van der Waals surface area contributed by atoms with Crippen LogP contribution in [0.1, 0.15) is 37.3 Å². The zero-order valence-corrected chi connectivity index (χ0v) is 19.0. The molecule has 1 N–H and O–H groups in total. The van der Waals surface area contributed by atoms with Crippen molar-refractivity contribution in [1.82, 2.24) is 0 Å². The summed E-state index contributed by atoms with van der Waals surface area (Å²) < 4.78 is 94.4. The van der Waals surface area contributed by atoms with Gasteiger partial charge in [0.1, 0.15) is 0 Å². The maximum absolute atomic E-state index is 14.4. The quantitative estimate of drug-likeness (QED) is 0.323. The average Bonchev–Trinajstić information content (AvgIpc) is 2.77. The molecule has 0 spiro atoms. The van der Waals surface area contributed by atoms with Gasteiger partial charge in [0.25, 0.3) is 0 Å². The van der Waals surface area contributed by atoms with Crippen LogP contribution in [0, 0.1) is 11.7 Å². The molecule has 0 bridgehead atoms. The molecule has 3 rings (SSSR count). The lowest BCUT2D eigenvalue weighted by atomic mass is 9.86. The number of aliphatic carboxylic acids is 1. The molecular formula is C26H21F7O3. The topological polar surface area (TPSA) is 46.5 Å². The fourth-order valence-corrected chi connectivity index (χ4v) is 3.78. The largest absolute Gasteiger partial charge is 0.573 e. The van der Waals surface area contributed by atoms with Gasteiger partial charge < -0.3 is 9.84 Å². The van der Waals surface area contributed by atoms with Gasteiger partial charge in [-0.1, -0.05) is 44.2 Å². The monoisotopic (exact) mass is 514 g/mol. The second-order valence-electron chi connectivity index (χ2n) is 8.63. The van der Waals surface area contributed by atoms with Gasteiger partial charge in [-0.2, -0.15) is 13.2 Å². The first-order valence-electron chi connectivity index (χ1n) is 10.7. The Bertz CT molecular complexity index is 1230. The lowest BCUT2D eigenvalue weighted by Crippen LogP contribution is -2.17. The maximum Gasteiger partial charge on any atom is 0.573 e. The lowest BCUT2D eigenvalue weighted by Gasteiger charge is -2.18. The zero-order chi connectivity index (χ0) is 26.8. The number of ether oxygens (including phenoxy) is 1. The van der Waals surface area contributed by atoms with E-state index < -0.39 is 41.6 Å². The van der Waals surface area contributed by atoms with Gasteiger partial charge in [-0.3, -0.25) is 4.79 Å². The minimum atomic E-state index is -5.09. The molecule has 0 saturated carbocycles. The first-order chi connectivity index (χ1) is 16.6. The van der Waals surface area contributed by atoms with Gasteiger partial charge in [-0.25, -0.2) is 4.39 Å². The van der Waals surface area contributed by atoms with Crippen LogP contribution < -0.4 is 4.74 Å². The van der Waals surface area contributed by atoms with Crippen molar-refractivity contribution < 1.29 is 45.4 Å². The van der Waals surface area contributed by atoms with E-state index >= 15 is 0 Å². The number of carboxylic acids is 1. The molecule has 1 unspecified atom stereocenters. The molecule has 0 radical (unpaired) electrons. The summed E-state index contributed by atoms with van der Waals surface area (Å²) in [5.74, 6) is -4.44. The smallest absolute Gasteiger partial charge is 0.481 e. The summed E-state index contributed by atoms with van der Waals surface area (Å²) in [7, 11) is 0. The highest BCUT2D eigenvalue weighted by atomic mass is 19.4. The van der Waals surface area contributed by atoms with Gasteiger partial charge >= 0.3 is 18.5 Å². The van der Waals surface area contributed by atoms with E-state index in [9.17, 15) is 40.6 Å². The van der Waals surface area contributed by atoms with Crippen molar-refractivity contribution in [3.05, 3.63) is 77.6 Å². The Kier molecular flexibility index (Phi) is 7.66. The fourth-order valence-electron chi connectivity index (χ4n) is 3.78. The number of hydrogen-bond acceptors (Lipinski definition) is 2. The molecular weight excluding hydrogens is 493 g/mol. The highest BCUT2D eigenvalue weighted by Gasteiger charge is 2.33. The van der Waals surface area contributed by atoms with Crippen LogP contribution in [0.3, 0.4) is 0 Å². The minimum Gasteiger partial charge on any atom is -0.481 e. The number of carboxylic acid groups (broad SMARTS) is 1. The Balaban J connectivity index is 2.15. The number of benzene rings is 3. The average molecular weight is 514 g/mol. The van der Waals surface area contributed by atoms with E-state index in [0.717, 1.165) is 24.3 Å². The van der Waals surface area contributed by atoms with Crippen LogP contribution in [0.2, 0.25) is 0 Å². The van der Waals surface area contributed by atoms with Gasteiger partial charge in [0.05, 0.1) is 11.5 Å². The van der Waals surface area contributed by atoms with E-state index in [1.807, 2.05) is 13.8 Å². The molecule has 3 aromatic rings. The normalized spacial score (nSPS) is 13.1. The predicted molar refractivity (Wildman–Crippen MR) is 119 cm³/mol. The number of carbonyl (C=O) groups is 1. The number of hydrogen-bond donors (Lipinski definition) is 1. The van der Waals surface area contributed by atoms with E-state index in [1.165, 1.54) is 36.4 Å². The summed E-state index contributed by atoms with van der Waals surface area (Å²) in [6.07, 6.45) is -9.39. The van der Waals surface area contributed by atoms with Crippen molar-refractivity contribution in [2.75, 3.05) is 0 Å². The van der Waals surface area contributed by atoms with Crippen LogP contribution in [-0.4, -0.2) is 17.4 Å². The molecule has 1 atom stereocenters. The summed E-state index contributed by atoms with van der Waals surface area (Å²) in [4.78, 5) is 12.0. The van der Waals surface area contributed by atoms with E-state index in [-0.39, 0.29) is 23.5 Å². The fraction of sp³-hybridized carbons (Fsp3) is 0.269. The second kappa shape index (κ2) is 10.2. The van der Waals surface area contributed by atoms with Gasteiger partial charge in [-0.05, 0) is 70.5 Å². The Hall–Kier alpha value is -3.56. The van der Waals surface area contributed by atoms with E-state index in [1.54, 1.807) is 0 Å². The minimum absolute atomic E-state index is 0.0134. The Morgan fingerprint density at radius 2 is 1.39 bits per heavy atom. The molecule has 0 aromatic heterocycles. The van der Waals surface area contributed by atoms with Crippen LogP contribution in [0.15, 0.2) is 60.7 Å². The maximum atomic E-state index is 14.4. The SMILES string of the molecule is CC(C)CC(C(=O)O)c1cc(-c2ccc(C(F)(F)F)cc2)cc(-c2ccc(OC(F)(F)F)c(F)c2)c1. The third-order valence-corrected chi connectivity index (χ3v) is 5.40. The van der Waals surface area contributed by atoms with Gasteiger partial charge in [0.15, 0.2) is 11.6 Å². The highest BCUT2D eigenvalue weighted by molar-refractivity contribution is 5.80. The molecule has 0 amide bonds. The second-order valence-corrected chi connectivity index (χ2v) is 8.63. The summed E-state index contributed by atoms with van der Waals surface area (Å²) in [5, 5.41) is 9.81. The van der Waals surface area contributed by atoms with E-state index in [0.29, 0.717) is 16.7 Å². The third-order valence-electron chi connectivity index (χ3n) is 5.40. The van der Waals surface area contributed by atoms with Crippen molar-refractivity contribution in [2.45, 2.75) is 38.7 Å². The molecule has 0 aliphatic carbocycles.